The minimum absolute atomic E-state index is 0.0339. The molecule has 41 heavy (non-hydrogen) atoms. The Morgan fingerprint density at radius 1 is 1.15 bits per heavy atom. The number of fused-ring (bicyclic) bond motifs is 1. The molecule has 2 aromatic heterocycles. The monoisotopic (exact) mass is 577 g/mol. The molecule has 0 saturated heterocycles. The normalized spacial score (nSPS) is 12.4. The highest BCUT2D eigenvalue weighted by molar-refractivity contribution is 5.99. The zero-order chi connectivity index (χ0) is 30.5. The number of aldehydes is 1. The third kappa shape index (κ3) is 8.06. The second-order valence-corrected chi connectivity index (χ2v) is 9.72. The number of hydrogen-bond donors (Lipinski definition) is 3. The number of carbonyl (C=O) groups excluding carboxylic acids is 4. The number of carbonyl (C=O) groups is 4. The summed E-state index contributed by atoms with van der Waals surface area (Å²) in [5, 5.41) is 2.45. The molecule has 3 rings (SSSR count). The number of nitrogens with two attached hydrogens (primary N) is 1. The zero-order valence-corrected chi connectivity index (χ0v) is 22.1. The van der Waals surface area contributed by atoms with Gasteiger partial charge in [0.15, 0.2) is 11.2 Å². The number of amides is 2. The molecule has 1 aromatic carbocycles. The van der Waals surface area contributed by atoms with E-state index >= 15 is 0 Å². The van der Waals surface area contributed by atoms with Crippen molar-refractivity contribution in [1.29, 1.82) is 0 Å². The maximum Gasteiger partial charge on any atom is 0.471 e. The molecule has 16 heteroatoms. The highest BCUT2D eigenvalue weighted by Gasteiger charge is 2.43. The van der Waals surface area contributed by atoms with Crippen molar-refractivity contribution in [2.75, 3.05) is 10.6 Å². The Bertz CT molecular complexity index is 1520. The molecule has 0 fully saturated rings. The number of halogens is 3. The van der Waals surface area contributed by atoms with Crippen molar-refractivity contribution in [3.05, 3.63) is 52.1 Å². The average Bonchev–Trinajstić information content (AvgIpc) is 2.88. The van der Waals surface area contributed by atoms with Crippen molar-refractivity contribution in [2.45, 2.75) is 58.0 Å². The van der Waals surface area contributed by atoms with E-state index in [9.17, 15) is 37.1 Å². The Morgan fingerprint density at radius 3 is 2.39 bits per heavy atom. The van der Waals surface area contributed by atoms with Gasteiger partial charge in [0.25, 0.3) is 11.5 Å². The quantitative estimate of drug-likeness (QED) is 0.250. The molecule has 0 spiro atoms. The Hall–Kier alpha value is -4.89. The van der Waals surface area contributed by atoms with E-state index < -0.39 is 47.7 Å². The molecule has 4 N–H and O–H groups in total. The van der Waals surface area contributed by atoms with Crippen LogP contribution in [-0.4, -0.2) is 61.8 Å². The Balaban J connectivity index is 1.87. The smallest absolute Gasteiger partial charge is 0.458 e. The van der Waals surface area contributed by atoms with Crippen molar-refractivity contribution >= 4 is 46.9 Å². The second kappa shape index (κ2) is 12.1. The van der Waals surface area contributed by atoms with E-state index in [1.54, 1.807) is 20.8 Å². The fraction of sp³-hybridized carbons (Fsp3) is 0.360. The summed E-state index contributed by atoms with van der Waals surface area (Å²) >= 11 is 0. The van der Waals surface area contributed by atoms with Crippen molar-refractivity contribution in [3.8, 4) is 0 Å². The summed E-state index contributed by atoms with van der Waals surface area (Å²) in [6.45, 7) is 4.16. The summed E-state index contributed by atoms with van der Waals surface area (Å²) in [5.74, 6) is -4.00. The molecular weight excluding hydrogens is 551 g/mol. The van der Waals surface area contributed by atoms with E-state index in [4.69, 9.17) is 10.5 Å². The van der Waals surface area contributed by atoms with Gasteiger partial charge in [-0.25, -0.2) is 14.8 Å². The van der Waals surface area contributed by atoms with Gasteiger partial charge in [-0.1, -0.05) is 0 Å². The van der Waals surface area contributed by atoms with Crippen molar-refractivity contribution in [3.63, 3.8) is 0 Å². The number of esters is 1. The largest absolute Gasteiger partial charge is 0.471 e. The minimum atomic E-state index is -5.27. The van der Waals surface area contributed by atoms with E-state index in [1.165, 1.54) is 0 Å². The van der Waals surface area contributed by atoms with Crippen LogP contribution in [0.15, 0.2) is 35.3 Å². The van der Waals surface area contributed by atoms with E-state index in [2.05, 4.69) is 25.3 Å². The first kappa shape index (κ1) is 30.6. The van der Waals surface area contributed by atoms with E-state index in [1.807, 2.05) is 0 Å². The lowest BCUT2D eigenvalue weighted by atomic mass is 10.1. The van der Waals surface area contributed by atoms with Crippen molar-refractivity contribution in [1.82, 2.24) is 25.3 Å². The van der Waals surface area contributed by atoms with Gasteiger partial charge in [-0.2, -0.15) is 18.2 Å². The Morgan fingerprint density at radius 2 is 1.80 bits per heavy atom. The molecule has 2 heterocycles. The zero-order valence-electron chi connectivity index (χ0n) is 22.1. The lowest BCUT2D eigenvalue weighted by Crippen LogP contribution is -2.44. The first-order valence-electron chi connectivity index (χ1n) is 12.1. The fourth-order valence-corrected chi connectivity index (χ4v) is 3.53. The number of H-pyrrole nitrogens is 1. The van der Waals surface area contributed by atoms with Gasteiger partial charge in [0.05, 0.1) is 18.4 Å². The molecule has 1 atom stereocenters. The number of aromatic nitrogens is 4. The average molecular weight is 578 g/mol. The van der Waals surface area contributed by atoms with Crippen LogP contribution in [0.4, 0.5) is 24.8 Å². The molecule has 2 amide bonds. The van der Waals surface area contributed by atoms with Gasteiger partial charge in [-0.05, 0) is 51.5 Å². The first-order chi connectivity index (χ1) is 19.1. The second-order valence-electron chi connectivity index (χ2n) is 9.72. The summed E-state index contributed by atoms with van der Waals surface area (Å²) in [4.78, 5) is 74.7. The number of hydrogen-bond acceptors (Lipinski definition) is 10. The predicted molar refractivity (Wildman–Crippen MR) is 138 cm³/mol. The number of nitrogen functional groups attached to an aromatic ring is 1. The van der Waals surface area contributed by atoms with Crippen molar-refractivity contribution < 1.29 is 37.1 Å². The number of rotatable bonds is 9. The Labute approximate surface area is 230 Å². The molecular formula is C25H26F3N7O6. The number of aromatic amines is 1. The van der Waals surface area contributed by atoms with E-state index in [0.29, 0.717) is 11.2 Å². The van der Waals surface area contributed by atoms with Gasteiger partial charge in [0, 0.05) is 17.7 Å². The standard InChI is InChI=1S/C25H26F3N7O6/c1-24(2,3)41-21(39)16(5-4-10-36)32-19(37)13-6-8-15(9-7-13)35(22(40)25(26,27)28)12-14-11-30-18-17(31-14)20(38)34-23(29)33-18/h6-11,16H,4-5,12H2,1-3H3,(H,32,37)(H3,29,30,33,34,38). The minimum Gasteiger partial charge on any atom is -0.458 e. The maximum atomic E-state index is 13.5. The third-order valence-corrected chi connectivity index (χ3v) is 5.30. The van der Waals surface area contributed by atoms with Crippen LogP contribution in [0.2, 0.25) is 0 Å². The van der Waals surface area contributed by atoms with Gasteiger partial charge in [-0.3, -0.25) is 24.3 Å². The third-order valence-electron chi connectivity index (χ3n) is 5.30. The number of benzene rings is 1. The molecule has 0 aliphatic rings. The van der Waals surface area contributed by atoms with Gasteiger partial charge in [0.2, 0.25) is 5.95 Å². The van der Waals surface area contributed by atoms with Crippen LogP contribution in [-0.2, 0) is 25.7 Å². The van der Waals surface area contributed by atoms with E-state index in [0.717, 1.165) is 30.5 Å². The molecule has 3 aromatic rings. The highest BCUT2D eigenvalue weighted by atomic mass is 19.4. The molecule has 1 unspecified atom stereocenters. The summed E-state index contributed by atoms with van der Waals surface area (Å²) in [6, 6.07) is 3.33. The number of nitrogens with one attached hydrogen (secondary N) is 2. The van der Waals surface area contributed by atoms with Gasteiger partial charge < -0.3 is 20.6 Å². The summed E-state index contributed by atoms with van der Waals surface area (Å²) < 4.78 is 45.6. The van der Waals surface area contributed by atoms with Gasteiger partial charge in [0.1, 0.15) is 17.9 Å². The highest BCUT2D eigenvalue weighted by Crippen LogP contribution is 2.26. The molecule has 0 aliphatic carbocycles. The summed E-state index contributed by atoms with van der Waals surface area (Å²) in [7, 11) is 0. The summed E-state index contributed by atoms with van der Waals surface area (Å²) in [5.41, 5.74) is 2.92. The molecule has 0 saturated carbocycles. The topological polar surface area (TPSA) is 190 Å². The maximum absolute atomic E-state index is 13.5. The number of anilines is 2. The molecule has 218 valence electrons. The van der Waals surface area contributed by atoms with E-state index in [-0.39, 0.29) is 46.9 Å². The summed E-state index contributed by atoms with van der Waals surface area (Å²) in [6.07, 6.45) is -3.72. The predicted octanol–water partition coefficient (Wildman–Crippen LogP) is 1.81. The number of alkyl halides is 3. The molecule has 0 radical (unpaired) electrons. The van der Waals surface area contributed by atoms with Crippen LogP contribution in [0.1, 0.15) is 49.7 Å². The van der Waals surface area contributed by atoms with Crippen LogP contribution in [0, 0.1) is 0 Å². The molecule has 0 bridgehead atoms. The SMILES string of the molecule is CC(C)(C)OC(=O)C(CCC=O)NC(=O)c1ccc(N(Cc2cnc3nc(N)[nH]c(=O)c3n2)C(=O)C(F)(F)F)cc1. The van der Waals surface area contributed by atoms with Crippen LogP contribution >= 0.6 is 0 Å². The van der Waals surface area contributed by atoms with Gasteiger partial charge >= 0.3 is 18.1 Å². The molecule has 0 aliphatic heterocycles. The number of ether oxygens (including phenoxy) is 1. The number of nitrogens with zero attached hydrogens (tertiary/aromatic N) is 4. The van der Waals surface area contributed by atoms with Crippen LogP contribution in [0.5, 0.6) is 0 Å². The van der Waals surface area contributed by atoms with Gasteiger partial charge in [-0.15, -0.1) is 0 Å². The van der Waals surface area contributed by atoms with Crippen molar-refractivity contribution in [2.24, 2.45) is 0 Å². The lowest BCUT2D eigenvalue weighted by molar-refractivity contribution is -0.170. The van der Waals surface area contributed by atoms with Crippen LogP contribution < -0.4 is 21.5 Å². The van der Waals surface area contributed by atoms with Crippen LogP contribution in [0.25, 0.3) is 11.2 Å². The lowest BCUT2D eigenvalue weighted by Gasteiger charge is -2.25. The first-order valence-corrected chi connectivity index (χ1v) is 12.1. The fourth-order valence-electron chi connectivity index (χ4n) is 3.53. The Kier molecular flexibility index (Phi) is 9.04. The van der Waals surface area contributed by atoms with Crippen LogP contribution in [0.3, 0.4) is 0 Å². The molecule has 13 nitrogen and oxygen atoms in total.